The van der Waals surface area contributed by atoms with Crippen LogP contribution in [-0.4, -0.2) is 23.8 Å². The monoisotopic (exact) mass is 305 g/mol. The Kier molecular flexibility index (Phi) is 5.39. The molecule has 0 aliphatic rings. The molecule has 2 N–H and O–H groups in total. The smallest absolute Gasteiger partial charge is 0.284 e. The molecule has 4 nitrogen and oxygen atoms in total. The summed E-state index contributed by atoms with van der Waals surface area (Å²) >= 11 is 0. The summed E-state index contributed by atoms with van der Waals surface area (Å²) in [5.41, 5.74) is 2.49. The molecule has 0 aliphatic carbocycles. The van der Waals surface area contributed by atoms with Gasteiger partial charge in [0.05, 0.1) is 0 Å². The first-order valence-electron chi connectivity index (χ1n) is 7.56. The molecule has 0 heterocycles. The normalized spacial score (nSPS) is 12.1. The summed E-state index contributed by atoms with van der Waals surface area (Å²) in [7, 11) is 0. The maximum absolute atomic E-state index is 11.0. The van der Waals surface area contributed by atoms with Crippen molar-refractivity contribution in [2.75, 3.05) is 6.54 Å². The van der Waals surface area contributed by atoms with Gasteiger partial charge in [-0.15, -0.1) is 0 Å². The van der Waals surface area contributed by atoms with Crippen LogP contribution in [0.15, 0.2) is 12.1 Å². The van der Waals surface area contributed by atoms with Gasteiger partial charge in [-0.2, -0.15) is 0 Å². The maximum atomic E-state index is 11.0. The molecule has 122 valence electrons. The highest BCUT2D eigenvalue weighted by molar-refractivity contribution is 6.23. The number of aromatic hydroxyl groups is 1. The Hall–Kier alpha value is -1.84. The average Bonchev–Trinajstić information content (AvgIpc) is 2.37. The van der Waals surface area contributed by atoms with E-state index in [1.54, 1.807) is 0 Å². The lowest BCUT2D eigenvalue weighted by molar-refractivity contribution is -0.131. The minimum Gasteiger partial charge on any atom is -0.507 e. The van der Waals surface area contributed by atoms with E-state index in [9.17, 15) is 14.7 Å². The zero-order chi connectivity index (χ0) is 17.1. The molecule has 22 heavy (non-hydrogen) atoms. The first-order valence-corrected chi connectivity index (χ1v) is 7.56. The molecule has 0 saturated carbocycles. The number of aldehydes is 1. The van der Waals surface area contributed by atoms with Crippen LogP contribution in [0.5, 0.6) is 5.75 Å². The second kappa shape index (κ2) is 6.51. The number of carbonyl (C=O) groups is 2. The van der Waals surface area contributed by atoms with Crippen LogP contribution in [0.2, 0.25) is 0 Å². The van der Waals surface area contributed by atoms with E-state index >= 15 is 0 Å². The SMILES string of the molecule is CC(C)(C)c1cc(CCNC(=O)C=O)cc(C(C)(C)C)c1O. The van der Waals surface area contributed by atoms with E-state index in [0.717, 1.165) is 16.7 Å². The number of carbonyl (C=O) groups excluding carboxylic acids is 2. The summed E-state index contributed by atoms with van der Waals surface area (Å²) in [5, 5.41) is 13.2. The maximum Gasteiger partial charge on any atom is 0.284 e. The fourth-order valence-corrected chi connectivity index (χ4v) is 2.35. The zero-order valence-electron chi connectivity index (χ0n) is 14.4. The van der Waals surface area contributed by atoms with Crippen LogP contribution < -0.4 is 5.32 Å². The standard InChI is InChI=1S/C18H27NO3/c1-17(2,3)13-9-12(7-8-19-15(21)11-20)10-14(16(13)22)18(4,5)6/h9-11,22H,7-8H2,1-6H3,(H,19,21). The van der Waals surface area contributed by atoms with Crippen LogP contribution in [0, 0.1) is 0 Å². The Labute approximate surface area is 132 Å². The number of hydrogen-bond acceptors (Lipinski definition) is 3. The average molecular weight is 305 g/mol. The van der Waals surface area contributed by atoms with Gasteiger partial charge in [-0.05, 0) is 33.9 Å². The third-order valence-corrected chi connectivity index (χ3v) is 3.61. The third-order valence-electron chi connectivity index (χ3n) is 3.61. The van der Waals surface area contributed by atoms with Crippen LogP contribution in [0.4, 0.5) is 0 Å². The lowest BCUT2D eigenvalue weighted by atomic mass is 9.78. The zero-order valence-corrected chi connectivity index (χ0v) is 14.4. The van der Waals surface area contributed by atoms with E-state index in [4.69, 9.17) is 0 Å². The molecule has 0 atom stereocenters. The number of hydrogen-bond donors (Lipinski definition) is 2. The van der Waals surface area contributed by atoms with Crippen LogP contribution >= 0.6 is 0 Å². The molecule has 0 radical (unpaired) electrons. The first-order chi connectivity index (χ1) is 9.96. The van der Waals surface area contributed by atoms with Gasteiger partial charge in [0.15, 0.2) is 0 Å². The Morgan fingerprint density at radius 2 is 1.55 bits per heavy atom. The lowest BCUT2D eigenvalue weighted by Crippen LogP contribution is -2.26. The van der Waals surface area contributed by atoms with E-state index < -0.39 is 5.91 Å². The number of rotatable bonds is 4. The molecule has 0 fully saturated rings. The van der Waals surface area contributed by atoms with Gasteiger partial charge in [-0.25, -0.2) is 0 Å². The summed E-state index contributed by atoms with van der Waals surface area (Å²) in [6.07, 6.45) is 0.893. The largest absolute Gasteiger partial charge is 0.507 e. The van der Waals surface area contributed by atoms with Crippen molar-refractivity contribution in [2.24, 2.45) is 0 Å². The molecular weight excluding hydrogens is 278 g/mol. The van der Waals surface area contributed by atoms with Gasteiger partial charge in [-0.3, -0.25) is 9.59 Å². The number of phenolic OH excluding ortho intramolecular Hbond substituents is 1. The van der Waals surface area contributed by atoms with E-state index in [0.29, 0.717) is 18.7 Å². The van der Waals surface area contributed by atoms with Gasteiger partial charge < -0.3 is 10.4 Å². The molecule has 4 heteroatoms. The van der Waals surface area contributed by atoms with Crippen LogP contribution in [0.3, 0.4) is 0 Å². The van der Waals surface area contributed by atoms with Gasteiger partial charge >= 0.3 is 0 Å². The molecule has 0 bridgehead atoms. The molecule has 1 amide bonds. The summed E-state index contributed by atoms with van der Waals surface area (Å²) in [6, 6.07) is 3.97. The predicted molar refractivity (Wildman–Crippen MR) is 88.3 cm³/mol. The molecule has 1 rings (SSSR count). The summed E-state index contributed by atoms with van der Waals surface area (Å²) in [5.74, 6) is -0.258. The topological polar surface area (TPSA) is 66.4 Å². The Bertz CT molecular complexity index is 528. The molecule has 1 aromatic carbocycles. The first kappa shape index (κ1) is 18.2. The fourth-order valence-electron chi connectivity index (χ4n) is 2.35. The number of benzene rings is 1. The summed E-state index contributed by atoms with van der Waals surface area (Å²) in [4.78, 5) is 21.3. The van der Waals surface area contributed by atoms with E-state index in [-0.39, 0.29) is 17.1 Å². The lowest BCUT2D eigenvalue weighted by Gasteiger charge is -2.28. The number of nitrogens with one attached hydrogen (secondary N) is 1. The highest BCUT2D eigenvalue weighted by atomic mass is 16.3. The molecule has 0 unspecified atom stereocenters. The van der Waals surface area contributed by atoms with Gasteiger partial charge in [0, 0.05) is 6.54 Å². The Balaban J connectivity index is 3.18. The van der Waals surface area contributed by atoms with Gasteiger partial charge in [0.2, 0.25) is 6.29 Å². The Morgan fingerprint density at radius 1 is 1.09 bits per heavy atom. The molecule has 0 spiro atoms. The third kappa shape index (κ3) is 4.58. The number of phenols is 1. The highest BCUT2D eigenvalue weighted by Gasteiger charge is 2.26. The van der Waals surface area contributed by atoms with Crippen molar-refractivity contribution >= 4 is 12.2 Å². The van der Waals surface area contributed by atoms with Crippen molar-refractivity contribution < 1.29 is 14.7 Å². The summed E-state index contributed by atoms with van der Waals surface area (Å²) < 4.78 is 0. The van der Waals surface area contributed by atoms with Crippen molar-refractivity contribution in [3.8, 4) is 5.75 Å². The predicted octanol–water partition coefficient (Wildman–Crippen LogP) is 2.84. The van der Waals surface area contributed by atoms with Crippen molar-refractivity contribution in [3.05, 3.63) is 28.8 Å². The summed E-state index contributed by atoms with van der Waals surface area (Å²) in [6.45, 7) is 12.8. The van der Waals surface area contributed by atoms with Crippen LogP contribution in [-0.2, 0) is 26.8 Å². The van der Waals surface area contributed by atoms with E-state index in [1.165, 1.54) is 0 Å². The number of amides is 1. The molecule has 1 aromatic rings. The van der Waals surface area contributed by atoms with Crippen LogP contribution in [0.25, 0.3) is 0 Å². The molecule has 0 saturated heterocycles. The van der Waals surface area contributed by atoms with Crippen molar-refractivity contribution in [1.82, 2.24) is 5.32 Å². The Morgan fingerprint density at radius 3 is 1.91 bits per heavy atom. The van der Waals surface area contributed by atoms with E-state index in [1.807, 2.05) is 12.1 Å². The molecular formula is C18H27NO3. The van der Waals surface area contributed by atoms with Gasteiger partial charge in [0.1, 0.15) is 5.75 Å². The van der Waals surface area contributed by atoms with Crippen molar-refractivity contribution in [2.45, 2.75) is 58.8 Å². The minimum atomic E-state index is -0.606. The van der Waals surface area contributed by atoms with Gasteiger partial charge in [0.25, 0.3) is 5.91 Å². The second-order valence-corrected chi connectivity index (χ2v) is 7.70. The molecule has 0 aromatic heterocycles. The van der Waals surface area contributed by atoms with Crippen molar-refractivity contribution in [1.29, 1.82) is 0 Å². The van der Waals surface area contributed by atoms with Crippen molar-refractivity contribution in [3.63, 3.8) is 0 Å². The fraction of sp³-hybridized carbons (Fsp3) is 0.556. The second-order valence-electron chi connectivity index (χ2n) is 7.70. The van der Waals surface area contributed by atoms with E-state index in [2.05, 4.69) is 46.9 Å². The highest BCUT2D eigenvalue weighted by Crippen LogP contribution is 2.39. The quantitative estimate of drug-likeness (QED) is 0.664. The van der Waals surface area contributed by atoms with Crippen LogP contribution in [0.1, 0.15) is 58.2 Å². The minimum absolute atomic E-state index is 0.174. The van der Waals surface area contributed by atoms with Gasteiger partial charge in [-0.1, -0.05) is 53.7 Å². The molecule has 0 aliphatic heterocycles.